The Hall–Kier alpha value is -7.84. The Kier molecular flexibility index (Phi) is 19.5. The SMILES string of the molecule is CC(C)(C)c1cc2c3c(c1)Cc1cc(C(C)(C)C)cc4c1OCCOc1c5cc(C(C)(C)C)cc1Cc1cc(C(C)(C)C)cc6c1OCCOc1c(cc(C(C)(C)C)cc1C4)Cc1cc(C(C)(C)C)cc(c1OCCOc1c(cc(C(C)(C)C)cc1C6)Cc1cc(C(C)(C)C)cc(c1OCCO3)C5)C2. The fourth-order valence-corrected chi connectivity index (χ4v) is 15.9. The molecule has 8 aromatic carbocycles. The van der Waals surface area contributed by atoms with Gasteiger partial charge in [0.2, 0.25) is 0 Å². The summed E-state index contributed by atoms with van der Waals surface area (Å²) in [6, 6.07) is 38.8. The molecule has 0 spiro atoms. The molecule has 8 nitrogen and oxygen atoms in total. The molecule has 8 aromatic rings. The van der Waals surface area contributed by atoms with Crippen molar-refractivity contribution in [3.63, 3.8) is 0 Å². The second-order valence-corrected chi connectivity index (χ2v) is 39.2. The summed E-state index contributed by atoms with van der Waals surface area (Å²) in [4.78, 5) is 0. The van der Waals surface area contributed by atoms with E-state index in [9.17, 15) is 0 Å². The molecule has 0 aromatic heterocycles. The Morgan fingerprint density at radius 3 is 0.288 bits per heavy atom. The molecule has 0 saturated carbocycles. The van der Waals surface area contributed by atoms with Gasteiger partial charge in [-0.15, -0.1) is 0 Å². The first-order valence-corrected chi connectivity index (χ1v) is 38.8. The average Bonchev–Trinajstić information content (AvgIpc) is 0.763. The fourth-order valence-electron chi connectivity index (χ4n) is 15.9. The molecule has 0 atom stereocenters. The van der Waals surface area contributed by atoms with Crippen LogP contribution in [0.1, 0.15) is 300 Å². The summed E-state index contributed by atoms with van der Waals surface area (Å²) >= 11 is 0. The summed E-state index contributed by atoms with van der Waals surface area (Å²) in [6.45, 7) is 58.3. The fraction of sp³-hybridized carbons (Fsp3) is 0.500. The van der Waals surface area contributed by atoms with E-state index in [1.165, 1.54) is 44.5 Å². The van der Waals surface area contributed by atoms with Gasteiger partial charge in [-0.25, -0.2) is 0 Å². The van der Waals surface area contributed by atoms with Gasteiger partial charge in [-0.1, -0.05) is 263 Å². The summed E-state index contributed by atoms with van der Waals surface area (Å²) in [5.74, 6) is 6.92. The topological polar surface area (TPSA) is 73.8 Å². The molecule has 2 aliphatic carbocycles. The van der Waals surface area contributed by atoms with E-state index in [1.54, 1.807) is 0 Å². The molecule has 6 aliphatic rings. The molecule has 0 saturated heterocycles. The lowest BCUT2D eigenvalue weighted by Gasteiger charge is -2.30. The number of ether oxygens (including phenoxy) is 8. The largest absolute Gasteiger partial charge is 0.489 e. The molecule has 24 bridgehead atoms. The van der Waals surface area contributed by atoms with E-state index in [1.807, 2.05) is 0 Å². The van der Waals surface area contributed by atoms with E-state index in [-0.39, 0.29) is 96.2 Å². The van der Waals surface area contributed by atoms with Crippen LogP contribution >= 0.6 is 0 Å². The highest BCUT2D eigenvalue weighted by Gasteiger charge is 2.35. The molecular weight excluding hydrogens is 1280 g/mol. The summed E-state index contributed by atoms with van der Waals surface area (Å²) in [6.07, 6.45) is 4.25. The monoisotopic (exact) mass is 1400 g/mol. The first-order chi connectivity index (χ1) is 48.5. The van der Waals surface area contributed by atoms with Crippen molar-refractivity contribution < 1.29 is 37.9 Å². The highest BCUT2D eigenvalue weighted by Crippen LogP contribution is 2.49. The quantitative estimate of drug-likeness (QED) is 0.149. The molecule has 0 unspecified atom stereocenters. The molecule has 4 heterocycles. The summed E-state index contributed by atoms with van der Waals surface area (Å²) in [5.41, 5.74) is 25.5. The minimum Gasteiger partial charge on any atom is -0.489 e. The van der Waals surface area contributed by atoms with Gasteiger partial charge in [-0.05, 0) is 177 Å². The van der Waals surface area contributed by atoms with Crippen LogP contribution in [0.3, 0.4) is 0 Å². The normalized spacial score (nSPS) is 16.1. The highest BCUT2D eigenvalue weighted by molar-refractivity contribution is 5.64. The third-order valence-corrected chi connectivity index (χ3v) is 22.2. The van der Waals surface area contributed by atoms with Crippen molar-refractivity contribution in [2.24, 2.45) is 0 Å². The molecule has 104 heavy (non-hydrogen) atoms. The Bertz CT molecular complexity index is 3560. The number of hydrogen-bond donors (Lipinski definition) is 0. The van der Waals surface area contributed by atoms with Crippen molar-refractivity contribution in [2.45, 2.75) is 261 Å². The maximum absolute atomic E-state index is 7.69. The van der Waals surface area contributed by atoms with Crippen molar-refractivity contribution in [2.75, 3.05) is 52.9 Å². The molecule has 14 rings (SSSR count). The minimum atomic E-state index is -0.233. The van der Waals surface area contributed by atoms with E-state index < -0.39 is 0 Å². The Morgan fingerprint density at radius 1 is 0.144 bits per heavy atom. The predicted octanol–water partition coefficient (Wildman–Crippen LogP) is 22.2. The number of rotatable bonds is 0. The zero-order chi connectivity index (χ0) is 74.8. The van der Waals surface area contributed by atoms with E-state index in [2.05, 4.69) is 263 Å². The van der Waals surface area contributed by atoms with Crippen LogP contribution in [0.4, 0.5) is 0 Å². The zero-order valence-corrected chi connectivity index (χ0v) is 67.8. The zero-order valence-electron chi connectivity index (χ0n) is 67.8. The van der Waals surface area contributed by atoms with Crippen LogP contribution in [0.25, 0.3) is 0 Å². The third-order valence-electron chi connectivity index (χ3n) is 22.2. The maximum atomic E-state index is 7.69. The van der Waals surface area contributed by atoms with Crippen LogP contribution in [0.15, 0.2) is 97.1 Å². The van der Waals surface area contributed by atoms with Crippen LogP contribution in [0.2, 0.25) is 0 Å². The third kappa shape index (κ3) is 15.7. The first kappa shape index (κ1) is 74.4. The van der Waals surface area contributed by atoms with Gasteiger partial charge in [-0.2, -0.15) is 0 Å². The lowest BCUT2D eigenvalue weighted by molar-refractivity contribution is 0.207. The van der Waals surface area contributed by atoms with Gasteiger partial charge in [0.1, 0.15) is 98.9 Å². The van der Waals surface area contributed by atoms with Gasteiger partial charge in [0.25, 0.3) is 0 Å². The smallest absolute Gasteiger partial charge is 0.126 e. The molecule has 0 radical (unpaired) electrons. The van der Waals surface area contributed by atoms with E-state index in [4.69, 9.17) is 37.9 Å². The van der Waals surface area contributed by atoms with Crippen LogP contribution in [-0.2, 0) is 94.7 Å². The van der Waals surface area contributed by atoms with E-state index >= 15 is 0 Å². The van der Waals surface area contributed by atoms with Gasteiger partial charge < -0.3 is 37.9 Å². The van der Waals surface area contributed by atoms with E-state index in [0.29, 0.717) is 51.4 Å². The Morgan fingerprint density at radius 2 is 0.221 bits per heavy atom. The van der Waals surface area contributed by atoms with Crippen LogP contribution in [-0.4, -0.2) is 52.9 Å². The van der Waals surface area contributed by atoms with Crippen LogP contribution in [0.5, 0.6) is 46.0 Å². The van der Waals surface area contributed by atoms with E-state index in [0.717, 1.165) is 135 Å². The summed E-state index contributed by atoms with van der Waals surface area (Å²) in [5, 5.41) is 0. The molecular formula is C96H120O8. The molecule has 0 fully saturated rings. The van der Waals surface area contributed by atoms with Gasteiger partial charge in [-0.3, -0.25) is 0 Å². The number of benzene rings is 8. The molecule has 552 valence electrons. The van der Waals surface area contributed by atoms with Crippen molar-refractivity contribution in [1.29, 1.82) is 0 Å². The standard InChI is InChI=1S/C96H120O8/c1-89(2,3)73-41-57-33-59-43-74(90(4,5)6)45-61-35-63-47-76(92(10,11)12)48-64-36-62-46-75(91(7,8)9)44-60-34-58(42-73)81(57)97-25-26-100-84-65-37-67-51-78(94(16,17)18)53-69(86(67)101-29-27-98-82(59)61)39-71-55-80(96(22,23)24)56-72(88(71)104-32-31-103-85(63)64)40-70-54-79(95(19,20)21)52-68(87(70)102-30-28-99-83(60)62)38-66(84)50-77(49-65)93(13,14)15/h41-56H,25-40H2,1-24H3. The number of fused-ring (bicyclic) bond motifs is 12. The van der Waals surface area contributed by atoms with Crippen molar-refractivity contribution in [3.05, 3.63) is 231 Å². The summed E-state index contributed by atoms with van der Waals surface area (Å²) < 4.78 is 61.6. The van der Waals surface area contributed by atoms with Gasteiger partial charge in [0, 0.05) is 51.4 Å². The molecule has 0 N–H and O–H groups in total. The molecule has 8 heteroatoms. The highest BCUT2D eigenvalue weighted by atomic mass is 16.5. The lowest BCUT2D eigenvalue weighted by atomic mass is 9.79. The summed E-state index contributed by atoms with van der Waals surface area (Å²) in [7, 11) is 0. The average molecular weight is 1400 g/mol. The van der Waals surface area contributed by atoms with Crippen molar-refractivity contribution in [1.82, 2.24) is 0 Å². The minimum absolute atomic E-state index is 0.233. The Labute approximate surface area is 624 Å². The number of hydrogen-bond acceptors (Lipinski definition) is 8. The van der Waals surface area contributed by atoms with Crippen molar-refractivity contribution >= 4 is 0 Å². The second-order valence-electron chi connectivity index (χ2n) is 39.2. The van der Waals surface area contributed by atoms with Gasteiger partial charge >= 0.3 is 0 Å². The maximum Gasteiger partial charge on any atom is 0.126 e. The van der Waals surface area contributed by atoms with Crippen molar-refractivity contribution in [3.8, 4) is 46.0 Å². The van der Waals surface area contributed by atoms with Gasteiger partial charge in [0.15, 0.2) is 0 Å². The molecule has 4 aliphatic heterocycles. The first-order valence-electron chi connectivity index (χ1n) is 38.8. The Balaban J connectivity index is 1.23. The predicted molar refractivity (Wildman–Crippen MR) is 428 cm³/mol. The molecule has 0 amide bonds. The van der Waals surface area contributed by atoms with Crippen LogP contribution in [0, 0.1) is 0 Å². The van der Waals surface area contributed by atoms with Gasteiger partial charge in [0.05, 0.1) is 0 Å². The van der Waals surface area contributed by atoms with Crippen LogP contribution < -0.4 is 37.9 Å². The second kappa shape index (κ2) is 27.2. The lowest BCUT2D eigenvalue weighted by Crippen LogP contribution is -2.21.